The van der Waals surface area contributed by atoms with E-state index in [-0.39, 0.29) is 11.1 Å². The summed E-state index contributed by atoms with van der Waals surface area (Å²) in [6.45, 7) is 1.88. The predicted molar refractivity (Wildman–Crippen MR) is 89.3 cm³/mol. The summed E-state index contributed by atoms with van der Waals surface area (Å²) in [5, 5.41) is 0.551. The zero-order valence-electron chi connectivity index (χ0n) is 13.2. The quantitative estimate of drug-likeness (QED) is 0.617. The van der Waals surface area contributed by atoms with Gasteiger partial charge >= 0.3 is 6.18 Å². The molecule has 5 heteroatoms. The number of Topliss-reactive ketones (excluding diaryl/α,β-unsaturated/α-hetero) is 1. The lowest BCUT2D eigenvalue weighted by Gasteiger charge is -2.12. The van der Waals surface area contributed by atoms with Crippen LogP contribution in [-0.2, 0) is 0 Å². The number of allylic oxidation sites excluding steroid dienone is 1. The summed E-state index contributed by atoms with van der Waals surface area (Å²) < 4.78 is 41.0. The molecule has 3 aromatic rings. The normalized spacial score (nSPS) is 14.3. The summed E-state index contributed by atoms with van der Waals surface area (Å²) in [7, 11) is 0. The summed E-state index contributed by atoms with van der Waals surface area (Å²) in [5.74, 6) is -1.02. The van der Waals surface area contributed by atoms with Crippen molar-refractivity contribution < 1.29 is 18.0 Å². The molecule has 124 valence electrons. The maximum atomic E-state index is 13.7. The molecule has 0 N–H and O–H groups in total. The molecule has 0 saturated carbocycles. The SMILES string of the molecule is Cc1ccc2c3c(cnc2c1)C(=O)C(C(F)(F)F)=C3c1ccccc1. The molecule has 0 atom stereocenters. The fourth-order valence-electron chi connectivity index (χ4n) is 3.28. The van der Waals surface area contributed by atoms with Gasteiger partial charge in [0.15, 0.2) is 0 Å². The molecule has 0 radical (unpaired) electrons. The van der Waals surface area contributed by atoms with Gasteiger partial charge in [0, 0.05) is 28.3 Å². The van der Waals surface area contributed by atoms with Gasteiger partial charge in [-0.2, -0.15) is 13.2 Å². The Morgan fingerprint density at radius 1 is 1.00 bits per heavy atom. The number of rotatable bonds is 1. The first kappa shape index (κ1) is 15.6. The van der Waals surface area contributed by atoms with Crippen LogP contribution in [0.25, 0.3) is 16.5 Å². The number of ketones is 1. The van der Waals surface area contributed by atoms with Crippen molar-refractivity contribution in [3.05, 3.63) is 82.6 Å². The third-order valence-electron chi connectivity index (χ3n) is 4.34. The maximum absolute atomic E-state index is 13.7. The molecule has 0 bridgehead atoms. The van der Waals surface area contributed by atoms with Crippen molar-refractivity contribution in [3.63, 3.8) is 0 Å². The molecule has 0 unspecified atom stereocenters. The molecule has 0 spiro atoms. The number of carbonyl (C=O) groups excluding carboxylic acids is 1. The summed E-state index contributed by atoms with van der Waals surface area (Å²) in [5.41, 5.74) is 1.02. The Morgan fingerprint density at radius 2 is 1.72 bits per heavy atom. The second-order valence-corrected chi connectivity index (χ2v) is 6.01. The van der Waals surface area contributed by atoms with Crippen LogP contribution in [-0.4, -0.2) is 16.9 Å². The minimum absolute atomic E-state index is 0.00234. The topological polar surface area (TPSA) is 30.0 Å². The van der Waals surface area contributed by atoms with Crippen molar-refractivity contribution in [1.82, 2.24) is 4.98 Å². The van der Waals surface area contributed by atoms with Gasteiger partial charge in [-0.05, 0) is 24.1 Å². The number of hydrogen-bond donors (Lipinski definition) is 0. The number of alkyl halides is 3. The molecular formula is C20H12F3NO. The lowest BCUT2D eigenvalue weighted by molar-refractivity contribution is -0.0878. The highest BCUT2D eigenvalue weighted by molar-refractivity contribution is 6.26. The molecule has 0 saturated heterocycles. The molecule has 1 heterocycles. The van der Waals surface area contributed by atoms with E-state index < -0.39 is 17.5 Å². The minimum Gasteiger partial charge on any atom is -0.289 e. The molecule has 0 fully saturated rings. The Morgan fingerprint density at radius 3 is 2.40 bits per heavy atom. The highest BCUT2D eigenvalue weighted by Crippen LogP contribution is 2.46. The maximum Gasteiger partial charge on any atom is 0.420 e. The number of pyridine rings is 1. The average Bonchev–Trinajstić information content (AvgIpc) is 2.88. The van der Waals surface area contributed by atoms with E-state index in [1.807, 2.05) is 13.0 Å². The largest absolute Gasteiger partial charge is 0.420 e. The molecule has 0 aliphatic heterocycles. The van der Waals surface area contributed by atoms with E-state index in [1.165, 1.54) is 6.20 Å². The molecule has 25 heavy (non-hydrogen) atoms. The summed E-state index contributed by atoms with van der Waals surface area (Å²) in [4.78, 5) is 16.7. The number of carbonyl (C=O) groups is 1. The molecule has 1 aliphatic carbocycles. The fourth-order valence-corrected chi connectivity index (χ4v) is 3.28. The number of aromatic nitrogens is 1. The Hall–Kier alpha value is -2.95. The van der Waals surface area contributed by atoms with Crippen molar-refractivity contribution in [2.24, 2.45) is 0 Å². The minimum atomic E-state index is -4.74. The third kappa shape index (κ3) is 2.35. The summed E-state index contributed by atoms with van der Waals surface area (Å²) >= 11 is 0. The number of nitrogens with zero attached hydrogens (tertiary/aromatic N) is 1. The molecule has 1 aromatic heterocycles. The van der Waals surface area contributed by atoms with E-state index >= 15 is 0 Å². The first-order valence-corrected chi connectivity index (χ1v) is 7.69. The molecule has 2 aromatic carbocycles. The molecular weight excluding hydrogens is 327 g/mol. The van der Waals surface area contributed by atoms with Gasteiger partial charge in [0.2, 0.25) is 5.78 Å². The lowest BCUT2D eigenvalue weighted by Crippen LogP contribution is -2.18. The smallest absolute Gasteiger partial charge is 0.289 e. The number of hydrogen-bond acceptors (Lipinski definition) is 2. The number of benzene rings is 2. The van der Waals surface area contributed by atoms with Crippen LogP contribution in [0.4, 0.5) is 13.2 Å². The van der Waals surface area contributed by atoms with Crippen LogP contribution < -0.4 is 0 Å². The van der Waals surface area contributed by atoms with Crippen LogP contribution in [0.3, 0.4) is 0 Å². The van der Waals surface area contributed by atoms with Gasteiger partial charge in [-0.15, -0.1) is 0 Å². The van der Waals surface area contributed by atoms with Crippen LogP contribution in [0.15, 0.2) is 60.3 Å². The number of fused-ring (bicyclic) bond motifs is 3. The van der Waals surface area contributed by atoms with Crippen LogP contribution >= 0.6 is 0 Å². The van der Waals surface area contributed by atoms with E-state index in [4.69, 9.17) is 0 Å². The van der Waals surface area contributed by atoms with Crippen LogP contribution in [0.1, 0.15) is 27.0 Å². The van der Waals surface area contributed by atoms with Gasteiger partial charge in [0.05, 0.1) is 5.52 Å². The highest BCUT2D eigenvalue weighted by Gasteiger charge is 2.47. The molecule has 0 amide bonds. The fraction of sp³-hybridized carbons (Fsp3) is 0.100. The van der Waals surface area contributed by atoms with Crippen LogP contribution in [0.5, 0.6) is 0 Å². The molecule has 2 nitrogen and oxygen atoms in total. The highest BCUT2D eigenvalue weighted by atomic mass is 19.4. The van der Waals surface area contributed by atoms with Gasteiger partial charge in [-0.1, -0.05) is 42.5 Å². The Labute approximate surface area is 141 Å². The number of halogens is 3. The predicted octanol–water partition coefficient (Wildman–Crippen LogP) is 5.10. The van der Waals surface area contributed by atoms with Crippen molar-refractivity contribution >= 4 is 22.3 Å². The Kier molecular flexibility index (Phi) is 3.29. The number of aryl methyl sites for hydroxylation is 1. The Bertz CT molecular complexity index is 1050. The third-order valence-corrected chi connectivity index (χ3v) is 4.34. The van der Waals surface area contributed by atoms with Crippen molar-refractivity contribution in [1.29, 1.82) is 0 Å². The van der Waals surface area contributed by atoms with Crippen molar-refractivity contribution in [3.8, 4) is 0 Å². The van der Waals surface area contributed by atoms with E-state index in [1.54, 1.807) is 42.5 Å². The molecule has 1 aliphatic rings. The van der Waals surface area contributed by atoms with Gasteiger partial charge in [0.25, 0.3) is 0 Å². The van der Waals surface area contributed by atoms with E-state index in [0.717, 1.165) is 5.56 Å². The zero-order chi connectivity index (χ0) is 17.8. The van der Waals surface area contributed by atoms with E-state index in [0.29, 0.717) is 22.0 Å². The van der Waals surface area contributed by atoms with Crippen molar-refractivity contribution in [2.45, 2.75) is 13.1 Å². The summed E-state index contributed by atoms with van der Waals surface area (Å²) in [6, 6.07) is 13.6. The van der Waals surface area contributed by atoms with Crippen LogP contribution in [0.2, 0.25) is 0 Å². The van der Waals surface area contributed by atoms with E-state index in [2.05, 4.69) is 4.98 Å². The Balaban J connectivity index is 2.15. The van der Waals surface area contributed by atoms with E-state index in [9.17, 15) is 18.0 Å². The second kappa shape index (κ2) is 5.28. The van der Waals surface area contributed by atoms with Crippen molar-refractivity contribution in [2.75, 3.05) is 0 Å². The van der Waals surface area contributed by atoms with Crippen LogP contribution in [0, 0.1) is 6.92 Å². The standard InChI is InChI=1S/C20H12F3NO/c1-11-7-8-13-15(9-11)24-10-14-17(13)16(12-5-3-2-4-6-12)18(19(14)25)20(21,22)23/h2-10H,1H3. The van der Waals surface area contributed by atoms with Gasteiger partial charge in [-0.25, -0.2) is 0 Å². The summed E-state index contributed by atoms with van der Waals surface area (Å²) in [6.07, 6.45) is -3.49. The van der Waals surface area contributed by atoms with Gasteiger partial charge in [-0.3, -0.25) is 9.78 Å². The zero-order valence-corrected chi connectivity index (χ0v) is 13.2. The first-order valence-electron chi connectivity index (χ1n) is 7.69. The average molecular weight is 339 g/mol. The van der Waals surface area contributed by atoms with Gasteiger partial charge < -0.3 is 0 Å². The first-order chi connectivity index (χ1) is 11.9. The van der Waals surface area contributed by atoms with Gasteiger partial charge in [0.1, 0.15) is 5.57 Å². The monoisotopic (exact) mass is 339 g/mol. The molecule has 4 rings (SSSR count). The lowest BCUT2D eigenvalue weighted by atomic mass is 9.94. The second-order valence-electron chi connectivity index (χ2n) is 6.01.